The predicted molar refractivity (Wildman–Crippen MR) is 288 cm³/mol. The van der Waals surface area contributed by atoms with Crippen LogP contribution in [-0.2, 0) is 0 Å². The van der Waals surface area contributed by atoms with Crippen molar-refractivity contribution in [2.75, 3.05) is 0 Å². The Morgan fingerprint density at radius 1 is 0.300 bits per heavy atom. The lowest BCUT2D eigenvalue weighted by Crippen LogP contribution is -2.04. The molecule has 6 heteroatoms. The maximum Gasteiger partial charge on any atom is 0.164 e. The zero-order valence-electron chi connectivity index (χ0n) is 38.6. The Kier molecular flexibility index (Phi) is 9.84. The van der Waals surface area contributed by atoms with Gasteiger partial charge in [0.25, 0.3) is 0 Å². The average Bonchev–Trinajstić information content (AvgIpc) is 3.93. The fourth-order valence-electron chi connectivity index (χ4n) is 10.1. The van der Waals surface area contributed by atoms with E-state index in [1.54, 1.807) is 0 Å². The number of hydrogen-bond acceptors (Lipinski definition) is 4. The van der Waals surface area contributed by atoms with E-state index in [-0.39, 0.29) is 0 Å². The molecule has 0 aliphatic heterocycles. The molecule has 70 heavy (non-hydrogen) atoms. The Morgan fingerprint density at radius 3 is 1.24 bits per heavy atom. The van der Waals surface area contributed by atoms with Crippen LogP contribution < -0.4 is 0 Å². The van der Waals surface area contributed by atoms with Gasteiger partial charge in [0.2, 0.25) is 0 Å². The molecular weight excluding hydrogens is 853 g/mol. The smallest absolute Gasteiger partial charge is 0.164 e. The molecular formula is C64H44N6. The van der Waals surface area contributed by atoms with Crippen molar-refractivity contribution in [1.82, 2.24) is 29.1 Å². The molecule has 4 aromatic heterocycles. The van der Waals surface area contributed by atoms with Gasteiger partial charge in [-0.15, -0.1) is 0 Å². The van der Waals surface area contributed by atoms with Crippen molar-refractivity contribution in [2.45, 2.75) is 13.8 Å². The Hall–Kier alpha value is -9.26. The topological polar surface area (TPSA) is 61.4 Å². The van der Waals surface area contributed by atoms with Crippen molar-refractivity contribution in [2.24, 2.45) is 0 Å². The van der Waals surface area contributed by atoms with Gasteiger partial charge < -0.3 is 9.13 Å². The second-order valence-corrected chi connectivity index (χ2v) is 18.1. The first kappa shape index (κ1) is 41.0. The first-order valence-corrected chi connectivity index (χ1v) is 23.7. The molecule has 4 heterocycles. The summed E-state index contributed by atoms with van der Waals surface area (Å²) in [6.45, 7) is 4.26. The SMILES string of the molecule is Cc1ccc(-c2ccc3c(c2)c2ccccc2n3-c2cnccc2-c2ccc(-c3nc(-c4ccccc4)nc(-c4ccccc4)n3)cc2-n2c3ccccc3c3cc(-c4ccc(C)cc4)ccc32)cc1. The molecule has 13 rings (SSSR count). The van der Waals surface area contributed by atoms with E-state index in [1.165, 1.54) is 54.9 Å². The quantitative estimate of drug-likeness (QED) is 0.152. The zero-order valence-corrected chi connectivity index (χ0v) is 38.6. The standard InChI is InChI=1S/C64H44N6/c1-41-21-25-43(26-22-41)47-30-33-58-54(37-47)50-17-9-11-19-56(50)69(58)60-39-49(64-67-62(45-13-5-3-6-14-45)66-63(68-64)46-15-7-4-8-16-46)29-32-52(60)53-35-36-65-40-61(53)70-57-20-12-10-18-51(57)55-38-48(31-34-59(55)70)44-27-23-42(2)24-28-44/h3-40H,1-2H3. The minimum atomic E-state index is 0.588. The number of hydrogen-bond donors (Lipinski definition) is 0. The summed E-state index contributed by atoms with van der Waals surface area (Å²) in [7, 11) is 0. The summed E-state index contributed by atoms with van der Waals surface area (Å²) in [5.74, 6) is 1.82. The Morgan fingerprint density at radius 2 is 0.714 bits per heavy atom. The molecule has 0 bridgehead atoms. The number of nitrogens with zero attached hydrogens (tertiary/aromatic N) is 6. The molecule has 0 atom stereocenters. The van der Waals surface area contributed by atoms with Crippen LogP contribution in [-0.4, -0.2) is 29.1 Å². The molecule has 0 spiro atoms. The minimum Gasteiger partial charge on any atom is -0.309 e. The lowest BCUT2D eigenvalue weighted by molar-refractivity contribution is 1.07. The van der Waals surface area contributed by atoms with Gasteiger partial charge in [-0.25, -0.2) is 15.0 Å². The van der Waals surface area contributed by atoms with Crippen LogP contribution in [0.5, 0.6) is 0 Å². The maximum absolute atomic E-state index is 5.21. The van der Waals surface area contributed by atoms with E-state index in [4.69, 9.17) is 19.9 Å². The van der Waals surface area contributed by atoms with Gasteiger partial charge in [0.15, 0.2) is 17.5 Å². The Balaban J connectivity index is 1.08. The largest absolute Gasteiger partial charge is 0.309 e. The number of para-hydroxylation sites is 2. The molecule has 330 valence electrons. The number of aryl methyl sites for hydroxylation is 2. The van der Waals surface area contributed by atoms with E-state index in [0.29, 0.717) is 17.5 Å². The monoisotopic (exact) mass is 896 g/mol. The number of rotatable bonds is 8. The van der Waals surface area contributed by atoms with Crippen LogP contribution in [0.3, 0.4) is 0 Å². The van der Waals surface area contributed by atoms with Crippen LogP contribution in [0.25, 0.3) is 123 Å². The molecule has 0 radical (unpaired) electrons. The highest BCUT2D eigenvalue weighted by molar-refractivity contribution is 6.13. The summed E-state index contributed by atoms with van der Waals surface area (Å²) in [6, 6.07) is 77.8. The average molecular weight is 897 g/mol. The highest BCUT2D eigenvalue weighted by Crippen LogP contribution is 2.43. The third-order valence-electron chi connectivity index (χ3n) is 13.6. The van der Waals surface area contributed by atoms with Gasteiger partial charge in [-0.3, -0.25) is 4.98 Å². The molecule has 0 saturated carbocycles. The molecule has 0 fully saturated rings. The first-order valence-electron chi connectivity index (χ1n) is 23.7. The summed E-state index contributed by atoms with van der Waals surface area (Å²) in [4.78, 5) is 20.3. The third kappa shape index (κ3) is 7.04. The molecule has 0 aliphatic rings. The van der Waals surface area contributed by atoms with Gasteiger partial charge >= 0.3 is 0 Å². The lowest BCUT2D eigenvalue weighted by atomic mass is 9.99. The number of fused-ring (bicyclic) bond motifs is 6. The first-order chi connectivity index (χ1) is 34.5. The van der Waals surface area contributed by atoms with Crippen molar-refractivity contribution in [1.29, 1.82) is 0 Å². The zero-order chi connectivity index (χ0) is 46.7. The highest BCUT2D eigenvalue weighted by Gasteiger charge is 2.23. The number of benzene rings is 9. The van der Waals surface area contributed by atoms with Gasteiger partial charge in [-0.2, -0.15) is 0 Å². The molecule has 0 amide bonds. The fraction of sp³-hybridized carbons (Fsp3) is 0.0312. The van der Waals surface area contributed by atoms with Gasteiger partial charge in [-0.05, 0) is 84.6 Å². The van der Waals surface area contributed by atoms with Crippen molar-refractivity contribution in [3.63, 3.8) is 0 Å². The summed E-state index contributed by atoms with van der Waals surface area (Å²) in [5, 5.41) is 4.71. The highest BCUT2D eigenvalue weighted by atomic mass is 15.0. The van der Waals surface area contributed by atoms with E-state index in [0.717, 1.165) is 61.3 Å². The van der Waals surface area contributed by atoms with Crippen LogP contribution in [0.2, 0.25) is 0 Å². The number of aromatic nitrogens is 6. The van der Waals surface area contributed by atoms with Gasteiger partial charge in [0.05, 0.1) is 39.6 Å². The van der Waals surface area contributed by atoms with Crippen LogP contribution in [0.15, 0.2) is 231 Å². The van der Waals surface area contributed by atoms with Crippen molar-refractivity contribution >= 4 is 43.6 Å². The lowest BCUT2D eigenvalue weighted by Gasteiger charge is -2.19. The fourth-order valence-corrected chi connectivity index (χ4v) is 10.1. The van der Waals surface area contributed by atoms with Crippen molar-refractivity contribution in [3.05, 3.63) is 242 Å². The Labute approximate surface area is 405 Å². The van der Waals surface area contributed by atoms with Crippen LogP contribution in [0, 0.1) is 13.8 Å². The minimum absolute atomic E-state index is 0.588. The molecule has 9 aromatic carbocycles. The van der Waals surface area contributed by atoms with Gasteiger partial charge in [0.1, 0.15) is 0 Å². The van der Waals surface area contributed by atoms with E-state index in [2.05, 4.69) is 181 Å². The van der Waals surface area contributed by atoms with E-state index >= 15 is 0 Å². The van der Waals surface area contributed by atoms with Gasteiger partial charge in [0, 0.05) is 55.6 Å². The normalized spacial score (nSPS) is 11.6. The van der Waals surface area contributed by atoms with Crippen LogP contribution in [0.4, 0.5) is 0 Å². The maximum atomic E-state index is 5.21. The molecule has 0 aliphatic carbocycles. The molecule has 0 N–H and O–H groups in total. The Bertz CT molecular complexity index is 4060. The third-order valence-corrected chi connectivity index (χ3v) is 13.6. The number of pyridine rings is 1. The van der Waals surface area contributed by atoms with Crippen molar-refractivity contribution < 1.29 is 0 Å². The van der Waals surface area contributed by atoms with E-state index < -0.39 is 0 Å². The van der Waals surface area contributed by atoms with E-state index in [1.807, 2.05) is 73.1 Å². The van der Waals surface area contributed by atoms with Crippen LogP contribution in [0.1, 0.15) is 11.1 Å². The molecule has 0 unspecified atom stereocenters. The summed E-state index contributed by atoms with van der Waals surface area (Å²) < 4.78 is 4.80. The second kappa shape index (κ2) is 16.8. The predicted octanol–water partition coefficient (Wildman–Crippen LogP) is 16.1. The second-order valence-electron chi connectivity index (χ2n) is 18.1. The molecule has 0 saturated heterocycles. The van der Waals surface area contributed by atoms with Gasteiger partial charge in [-0.1, -0.05) is 181 Å². The van der Waals surface area contributed by atoms with Crippen molar-refractivity contribution in [3.8, 4) is 78.9 Å². The molecule has 13 aromatic rings. The molecule has 6 nitrogen and oxygen atoms in total. The summed E-state index contributed by atoms with van der Waals surface area (Å²) >= 11 is 0. The summed E-state index contributed by atoms with van der Waals surface area (Å²) in [6.07, 6.45) is 3.92. The summed E-state index contributed by atoms with van der Waals surface area (Å²) in [5.41, 5.74) is 18.4. The van der Waals surface area contributed by atoms with E-state index in [9.17, 15) is 0 Å². The van der Waals surface area contributed by atoms with Crippen LogP contribution >= 0.6 is 0 Å².